The second-order valence-electron chi connectivity index (χ2n) is 20.2. The average Bonchev–Trinajstić information content (AvgIpc) is 4.15. The molecule has 1 unspecified atom stereocenters. The number of thiazole rings is 1. The average molecular weight is 1060 g/mol. The molecule has 2 saturated heterocycles. The van der Waals surface area contributed by atoms with Crippen LogP contribution in [-0.2, 0) is 14.4 Å². The third kappa shape index (κ3) is 14.0. The standard InChI is InChI=1S/C55H67N11O9S/c1-35-14-20-42(50(70)59-35)66-51(71)39-12-11-13-43(49(39)52(66)72)75-34-48(69)58-23-10-8-6-5-7-9-22-57-47(68)33-64-26-24-63(25-27-64)28-29-74-38-19-21-41-44(30-38)76-54-61-40(32-65(41)54)36-15-17-37(18-16-36)60-53(73)62-46(56)31-45(67)55(2,3)4/h11-13,15-19,21,30-32,42,67H,1,5-10,14,20,22-29,33-34H2,2-4H3,(H,57,68)(H,58,69)(H,59,70)(H3,56,60,62,73)/b45-31-. The second-order valence-corrected chi connectivity index (χ2v) is 21.2. The number of unbranched alkanes of at least 4 members (excludes halogenated alkanes) is 5. The summed E-state index contributed by atoms with van der Waals surface area (Å²) in [6.45, 7) is 15.1. The molecule has 0 aliphatic carbocycles. The SMILES string of the molecule is C=C1CCC(N2C(=O)c3cccc(OCC(=O)NCCCCCCCCNC(=O)CN4CCN(CCOc5ccc6c(c5)sc5nc(-c7ccc(NC(=O)N=C(N)/C=C(\O)C(C)(C)C)cc7)cn56)CC4)c3C2=O)C(=O)N1. The van der Waals surface area contributed by atoms with Crippen molar-refractivity contribution in [2.45, 2.75) is 78.2 Å². The van der Waals surface area contributed by atoms with Gasteiger partial charge < -0.3 is 41.6 Å². The van der Waals surface area contributed by atoms with E-state index in [4.69, 9.17) is 20.2 Å². The Morgan fingerprint density at radius 1 is 0.908 bits per heavy atom. The molecule has 20 nitrogen and oxygen atoms in total. The Bertz CT molecular complexity index is 3040. The van der Waals surface area contributed by atoms with Gasteiger partial charge in [-0.25, -0.2) is 9.78 Å². The molecule has 2 fully saturated rings. The van der Waals surface area contributed by atoms with Crippen LogP contribution in [0.25, 0.3) is 26.4 Å². The first kappa shape index (κ1) is 54.6. The zero-order valence-electron chi connectivity index (χ0n) is 43.3. The maximum Gasteiger partial charge on any atom is 0.347 e. The van der Waals surface area contributed by atoms with Crippen LogP contribution in [0, 0.1) is 5.41 Å². The van der Waals surface area contributed by atoms with Crippen molar-refractivity contribution in [2.24, 2.45) is 16.1 Å². The van der Waals surface area contributed by atoms with Gasteiger partial charge in [0.05, 0.1) is 33.6 Å². The highest BCUT2D eigenvalue weighted by atomic mass is 32.1. The van der Waals surface area contributed by atoms with E-state index in [1.807, 2.05) is 57.3 Å². The lowest BCUT2D eigenvalue weighted by Crippen LogP contribution is -2.51. The number of aliphatic imine (C=N–C) groups is 1. The summed E-state index contributed by atoms with van der Waals surface area (Å²) < 4.78 is 15.0. The van der Waals surface area contributed by atoms with Crippen LogP contribution >= 0.6 is 11.3 Å². The first-order valence-corrected chi connectivity index (χ1v) is 26.6. The molecular formula is C55H67N11O9S. The smallest absolute Gasteiger partial charge is 0.347 e. The third-order valence-corrected chi connectivity index (χ3v) is 14.5. The fourth-order valence-electron chi connectivity index (χ4n) is 9.11. The molecule has 1 atom stereocenters. The second kappa shape index (κ2) is 24.8. The summed E-state index contributed by atoms with van der Waals surface area (Å²) in [5.41, 5.74) is 9.32. The fourth-order valence-corrected chi connectivity index (χ4v) is 10.1. The van der Waals surface area contributed by atoms with Crippen LogP contribution in [0.1, 0.15) is 92.9 Å². The number of amides is 7. The number of nitrogens with zero attached hydrogens (tertiary/aromatic N) is 6. The highest BCUT2D eigenvalue weighted by molar-refractivity contribution is 7.23. The molecule has 21 heteroatoms. The lowest BCUT2D eigenvalue weighted by atomic mass is 9.93. The molecule has 402 valence electrons. The minimum atomic E-state index is -0.933. The van der Waals surface area contributed by atoms with E-state index in [2.05, 4.69) is 47.0 Å². The Labute approximate surface area is 445 Å². The number of hydrogen-bond acceptors (Lipinski definition) is 13. The molecule has 0 spiro atoms. The molecule has 5 heterocycles. The molecule has 3 aliphatic heterocycles. The number of aromatic nitrogens is 2. The topological polar surface area (TPSA) is 255 Å². The molecule has 7 N–H and O–H groups in total. The van der Waals surface area contributed by atoms with Crippen LogP contribution in [0.5, 0.6) is 11.5 Å². The van der Waals surface area contributed by atoms with Gasteiger partial charge in [-0.2, -0.15) is 4.99 Å². The molecule has 76 heavy (non-hydrogen) atoms. The van der Waals surface area contributed by atoms with Crippen molar-refractivity contribution < 1.29 is 43.3 Å². The zero-order valence-corrected chi connectivity index (χ0v) is 44.1. The Balaban J connectivity index is 0.645. The first-order valence-electron chi connectivity index (χ1n) is 25.8. The van der Waals surface area contributed by atoms with Gasteiger partial charge in [-0.1, -0.05) is 82.6 Å². The molecule has 0 saturated carbocycles. The number of aliphatic hydroxyl groups excluding tert-OH is 1. The van der Waals surface area contributed by atoms with Crippen molar-refractivity contribution in [1.29, 1.82) is 0 Å². The van der Waals surface area contributed by atoms with Gasteiger partial charge in [0.15, 0.2) is 11.6 Å². The number of imidazole rings is 1. The number of hydrogen-bond donors (Lipinski definition) is 6. The lowest BCUT2D eigenvalue weighted by molar-refractivity contribution is -0.125. The molecule has 2 aromatic heterocycles. The number of rotatable bonds is 22. The number of piperazine rings is 1. The Hall–Kier alpha value is -7.62. The highest BCUT2D eigenvalue weighted by Crippen LogP contribution is 2.35. The van der Waals surface area contributed by atoms with E-state index in [0.717, 1.165) is 108 Å². The van der Waals surface area contributed by atoms with Gasteiger partial charge >= 0.3 is 6.03 Å². The monoisotopic (exact) mass is 1060 g/mol. The van der Waals surface area contributed by atoms with Crippen LogP contribution in [0.3, 0.4) is 0 Å². The molecule has 7 amide bonds. The van der Waals surface area contributed by atoms with Crippen LogP contribution in [0.15, 0.2) is 96.0 Å². The maximum absolute atomic E-state index is 13.3. The first-order chi connectivity index (χ1) is 36.5. The van der Waals surface area contributed by atoms with Gasteiger partial charge in [0.1, 0.15) is 35.7 Å². The number of carbonyl (C=O) groups excluding carboxylic acids is 6. The van der Waals surface area contributed by atoms with Crippen molar-refractivity contribution in [1.82, 2.24) is 40.0 Å². The van der Waals surface area contributed by atoms with Crippen LogP contribution in [0.2, 0.25) is 0 Å². The largest absolute Gasteiger partial charge is 0.512 e. The quantitative estimate of drug-likeness (QED) is 0.0140. The summed E-state index contributed by atoms with van der Waals surface area (Å²) in [4.78, 5) is 91.6. The summed E-state index contributed by atoms with van der Waals surface area (Å²) in [6.07, 6.45) is 9.72. The maximum atomic E-state index is 13.3. The summed E-state index contributed by atoms with van der Waals surface area (Å²) in [6, 6.07) is 16.4. The number of fused-ring (bicyclic) bond motifs is 4. The number of ether oxygens (including phenoxy) is 2. The summed E-state index contributed by atoms with van der Waals surface area (Å²) in [7, 11) is 0. The molecule has 0 bridgehead atoms. The van der Waals surface area contributed by atoms with Gasteiger partial charge in [0.2, 0.25) is 11.8 Å². The van der Waals surface area contributed by atoms with Gasteiger partial charge in [-0.15, -0.1) is 0 Å². The molecule has 0 radical (unpaired) electrons. The van der Waals surface area contributed by atoms with E-state index in [9.17, 15) is 33.9 Å². The van der Waals surface area contributed by atoms with Gasteiger partial charge in [-0.3, -0.25) is 43.1 Å². The number of nitrogens with one attached hydrogen (secondary N) is 4. The predicted molar refractivity (Wildman–Crippen MR) is 292 cm³/mol. The molecular weight excluding hydrogens is 991 g/mol. The number of anilines is 1. The van der Waals surface area contributed by atoms with E-state index < -0.39 is 35.2 Å². The summed E-state index contributed by atoms with van der Waals surface area (Å²) >= 11 is 1.58. The Kier molecular flexibility index (Phi) is 17.8. The van der Waals surface area contributed by atoms with Gasteiger partial charge in [0.25, 0.3) is 17.7 Å². The van der Waals surface area contributed by atoms with Crippen molar-refractivity contribution in [2.75, 3.05) is 70.9 Å². The number of aliphatic hydroxyl groups is 1. The van der Waals surface area contributed by atoms with Crippen LogP contribution in [0.4, 0.5) is 10.5 Å². The van der Waals surface area contributed by atoms with Crippen molar-refractivity contribution >= 4 is 73.6 Å². The van der Waals surface area contributed by atoms with Crippen molar-refractivity contribution in [3.05, 3.63) is 102 Å². The molecule has 3 aromatic carbocycles. The van der Waals surface area contributed by atoms with Crippen molar-refractivity contribution in [3.8, 4) is 22.8 Å². The summed E-state index contributed by atoms with van der Waals surface area (Å²) in [5.74, 6) is -1.06. The van der Waals surface area contributed by atoms with E-state index in [-0.39, 0.29) is 46.9 Å². The molecule has 5 aromatic rings. The van der Waals surface area contributed by atoms with E-state index in [0.29, 0.717) is 50.5 Å². The number of piperidine rings is 1. The fraction of sp³-hybridized carbons (Fsp3) is 0.418. The van der Waals surface area contributed by atoms with Gasteiger partial charge in [-0.05, 0) is 68.1 Å². The van der Waals surface area contributed by atoms with Gasteiger partial charge in [0, 0.05) is 80.4 Å². The Morgan fingerprint density at radius 3 is 2.32 bits per heavy atom. The third-order valence-electron chi connectivity index (χ3n) is 13.4. The number of allylic oxidation sites excluding steroid dienone is 2. The van der Waals surface area contributed by atoms with Crippen molar-refractivity contribution in [3.63, 3.8) is 0 Å². The highest BCUT2D eigenvalue weighted by Gasteiger charge is 2.45. The number of imide groups is 1. The predicted octanol–water partition coefficient (Wildman–Crippen LogP) is 6.63. The van der Waals surface area contributed by atoms with Crippen LogP contribution < -0.4 is 36.5 Å². The Morgan fingerprint density at radius 2 is 1.61 bits per heavy atom. The summed E-state index contributed by atoms with van der Waals surface area (Å²) in [5, 5.41) is 21.3. The number of amidine groups is 1. The minimum Gasteiger partial charge on any atom is -0.512 e. The van der Waals surface area contributed by atoms with Crippen LogP contribution in [-0.4, -0.2) is 142 Å². The number of urea groups is 1. The van der Waals surface area contributed by atoms with E-state index in [1.54, 1.807) is 29.5 Å². The zero-order chi connectivity index (χ0) is 53.9. The normalized spacial score (nSPS) is 16.8. The minimum absolute atomic E-state index is 0.0289. The van der Waals surface area contributed by atoms with E-state index >= 15 is 0 Å². The number of carbonyl (C=O) groups is 6. The van der Waals surface area contributed by atoms with E-state index in [1.165, 1.54) is 18.2 Å². The molecule has 3 aliphatic rings. The number of benzene rings is 3. The number of nitrogens with two attached hydrogens (primary N) is 1. The molecule has 8 rings (SSSR count). The lowest BCUT2D eigenvalue weighted by Gasteiger charge is -2.34.